The monoisotopic (exact) mass is 303 g/mol. The molecule has 0 amide bonds. The molecule has 0 heterocycles. The predicted octanol–water partition coefficient (Wildman–Crippen LogP) is 3.74. The second-order valence-corrected chi connectivity index (χ2v) is 5.31. The van der Waals surface area contributed by atoms with Crippen molar-refractivity contribution in [2.75, 3.05) is 0 Å². The third-order valence-corrected chi connectivity index (χ3v) is 3.42. The summed E-state index contributed by atoms with van der Waals surface area (Å²) in [5.74, 6) is -0.948. The van der Waals surface area contributed by atoms with Crippen LogP contribution >= 0.6 is 0 Å². The molecule has 2 aromatic rings. The number of aliphatic hydroxyl groups is 1. The number of benzene rings is 2. The van der Waals surface area contributed by atoms with Gasteiger partial charge in [-0.05, 0) is 43.6 Å². The van der Waals surface area contributed by atoms with Gasteiger partial charge >= 0.3 is 0 Å². The van der Waals surface area contributed by atoms with Crippen molar-refractivity contribution in [3.8, 4) is 17.2 Å². The quantitative estimate of drug-likeness (QED) is 0.390. The van der Waals surface area contributed by atoms with Crippen molar-refractivity contribution in [3.05, 3.63) is 40.3 Å². The molecular formula is C16H17NO5. The summed E-state index contributed by atoms with van der Waals surface area (Å²) >= 11 is 0. The minimum atomic E-state index is -1.07. The Hall–Kier alpha value is -2.60. The molecule has 0 fully saturated rings. The SMILES string of the molecule is CC(C)=CC[C@H](O)c1cc(O)c2c(O)ccc(O)c2c1N=O. The highest BCUT2D eigenvalue weighted by atomic mass is 16.3. The maximum Gasteiger partial charge on any atom is 0.127 e. The van der Waals surface area contributed by atoms with Crippen LogP contribution in [0.4, 0.5) is 5.69 Å². The Bertz CT molecular complexity index is 763. The number of hydrogen-bond donors (Lipinski definition) is 4. The van der Waals surface area contributed by atoms with E-state index in [4.69, 9.17) is 0 Å². The van der Waals surface area contributed by atoms with Crippen molar-refractivity contribution in [2.24, 2.45) is 5.18 Å². The van der Waals surface area contributed by atoms with Crippen molar-refractivity contribution in [2.45, 2.75) is 26.4 Å². The van der Waals surface area contributed by atoms with Gasteiger partial charge in [0.2, 0.25) is 0 Å². The Kier molecular flexibility index (Phi) is 4.32. The smallest absolute Gasteiger partial charge is 0.127 e. The first-order chi connectivity index (χ1) is 10.4. The summed E-state index contributed by atoms with van der Waals surface area (Å²) in [5.41, 5.74) is 0.888. The van der Waals surface area contributed by atoms with Crippen LogP contribution < -0.4 is 0 Å². The standard InChI is InChI=1S/C16H17NO5/c1-8(2)3-4-10(18)9-7-13(21)14-11(19)5-6-12(20)15(14)16(9)17-22/h3,5-7,10,18-21H,4H2,1-2H3/t10-/m0/s1. The van der Waals surface area contributed by atoms with Gasteiger partial charge in [0, 0.05) is 5.56 Å². The molecular weight excluding hydrogens is 286 g/mol. The molecule has 2 rings (SSSR count). The molecule has 0 aliphatic carbocycles. The Morgan fingerprint density at radius 3 is 2.27 bits per heavy atom. The third kappa shape index (κ3) is 2.73. The summed E-state index contributed by atoms with van der Waals surface area (Å²) in [7, 11) is 0. The molecule has 0 bridgehead atoms. The zero-order chi connectivity index (χ0) is 16.4. The van der Waals surface area contributed by atoms with Crippen LogP contribution in [0.5, 0.6) is 17.2 Å². The lowest BCUT2D eigenvalue weighted by Crippen LogP contribution is -1.97. The van der Waals surface area contributed by atoms with Crippen LogP contribution in [0.3, 0.4) is 0 Å². The molecule has 22 heavy (non-hydrogen) atoms. The molecule has 6 heteroatoms. The van der Waals surface area contributed by atoms with Crippen molar-refractivity contribution < 1.29 is 20.4 Å². The van der Waals surface area contributed by atoms with Crippen molar-refractivity contribution >= 4 is 16.5 Å². The van der Waals surface area contributed by atoms with Crippen LogP contribution in [0.25, 0.3) is 10.8 Å². The summed E-state index contributed by atoms with van der Waals surface area (Å²) in [5, 5.41) is 42.8. The summed E-state index contributed by atoms with van der Waals surface area (Å²) in [4.78, 5) is 11.2. The lowest BCUT2D eigenvalue weighted by Gasteiger charge is -2.15. The maximum atomic E-state index is 11.2. The van der Waals surface area contributed by atoms with Gasteiger partial charge in [-0.1, -0.05) is 11.6 Å². The molecule has 0 spiro atoms. The maximum absolute atomic E-state index is 11.2. The Morgan fingerprint density at radius 1 is 1.14 bits per heavy atom. The molecule has 4 N–H and O–H groups in total. The van der Waals surface area contributed by atoms with Crippen LogP contribution in [0, 0.1) is 4.91 Å². The van der Waals surface area contributed by atoms with Crippen molar-refractivity contribution in [3.63, 3.8) is 0 Å². The molecule has 0 aliphatic rings. The highest BCUT2D eigenvalue weighted by Gasteiger charge is 2.22. The number of hydrogen-bond acceptors (Lipinski definition) is 6. The fraction of sp³-hybridized carbons (Fsp3) is 0.250. The average molecular weight is 303 g/mol. The van der Waals surface area contributed by atoms with E-state index in [1.54, 1.807) is 6.08 Å². The van der Waals surface area contributed by atoms with Gasteiger partial charge < -0.3 is 20.4 Å². The molecule has 0 saturated heterocycles. The number of fused-ring (bicyclic) bond motifs is 1. The Morgan fingerprint density at radius 2 is 1.73 bits per heavy atom. The molecule has 6 nitrogen and oxygen atoms in total. The molecule has 0 radical (unpaired) electrons. The van der Waals surface area contributed by atoms with Crippen molar-refractivity contribution in [1.29, 1.82) is 0 Å². The fourth-order valence-corrected chi connectivity index (χ4v) is 2.34. The van der Waals surface area contributed by atoms with Gasteiger partial charge in [0.05, 0.1) is 16.9 Å². The summed E-state index contributed by atoms with van der Waals surface area (Å²) in [6.07, 6.45) is 0.942. The van der Waals surface area contributed by atoms with Gasteiger partial charge in [-0.15, -0.1) is 4.91 Å². The molecule has 0 saturated carbocycles. The molecule has 1 atom stereocenters. The Balaban J connectivity index is 2.74. The van der Waals surface area contributed by atoms with Gasteiger partial charge in [0.15, 0.2) is 0 Å². The van der Waals surface area contributed by atoms with Gasteiger partial charge in [-0.3, -0.25) is 0 Å². The number of nitroso groups, excluding NO2 is 1. The van der Waals surface area contributed by atoms with E-state index in [0.29, 0.717) is 0 Å². The minimum absolute atomic E-state index is 0.0761. The molecule has 0 unspecified atom stereocenters. The molecule has 0 aromatic heterocycles. The number of allylic oxidation sites excluding steroid dienone is 1. The second-order valence-electron chi connectivity index (χ2n) is 5.31. The van der Waals surface area contributed by atoms with Gasteiger partial charge in [-0.2, -0.15) is 0 Å². The number of phenols is 3. The number of rotatable bonds is 4. The number of aromatic hydroxyl groups is 3. The van der Waals surface area contributed by atoms with Gasteiger partial charge in [0.1, 0.15) is 22.9 Å². The van der Waals surface area contributed by atoms with Crippen LogP contribution in [0.15, 0.2) is 35.0 Å². The lowest BCUT2D eigenvalue weighted by molar-refractivity contribution is 0.181. The number of phenolic OH excluding ortho intramolecular Hbond substituents is 3. The number of nitrogens with zero attached hydrogens (tertiary/aromatic N) is 1. The van der Waals surface area contributed by atoms with E-state index < -0.39 is 6.10 Å². The first-order valence-electron chi connectivity index (χ1n) is 6.72. The highest BCUT2D eigenvalue weighted by Crippen LogP contribution is 2.47. The van der Waals surface area contributed by atoms with Crippen LogP contribution in [-0.4, -0.2) is 20.4 Å². The van der Waals surface area contributed by atoms with E-state index in [1.165, 1.54) is 18.2 Å². The number of aliphatic hydroxyl groups excluding tert-OH is 1. The first kappa shape index (κ1) is 15.8. The van der Waals surface area contributed by atoms with Crippen LogP contribution in [-0.2, 0) is 0 Å². The third-order valence-electron chi connectivity index (χ3n) is 3.42. The van der Waals surface area contributed by atoms with E-state index >= 15 is 0 Å². The summed E-state index contributed by atoms with van der Waals surface area (Å²) in [6, 6.07) is 3.57. The first-order valence-corrected chi connectivity index (χ1v) is 6.72. The van der Waals surface area contributed by atoms with Gasteiger partial charge in [0.25, 0.3) is 0 Å². The normalized spacial score (nSPS) is 12.1. The molecule has 116 valence electrons. The fourth-order valence-electron chi connectivity index (χ4n) is 2.34. The van der Waals surface area contributed by atoms with E-state index in [2.05, 4.69) is 5.18 Å². The van der Waals surface area contributed by atoms with Crippen LogP contribution in [0.2, 0.25) is 0 Å². The lowest BCUT2D eigenvalue weighted by atomic mass is 9.96. The summed E-state index contributed by atoms with van der Waals surface area (Å²) < 4.78 is 0. The largest absolute Gasteiger partial charge is 0.507 e. The average Bonchev–Trinajstić information content (AvgIpc) is 2.47. The zero-order valence-electron chi connectivity index (χ0n) is 12.2. The summed E-state index contributed by atoms with van der Waals surface area (Å²) in [6.45, 7) is 3.74. The van der Waals surface area contributed by atoms with E-state index in [9.17, 15) is 25.3 Å². The predicted molar refractivity (Wildman–Crippen MR) is 83.4 cm³/mol. The van der Waals surface area contributed by atoms with E-state index in [-0.39, 0.29) is 45.7 Å². The highest BCUT2D eigenvalue weighted by molar-refractivity contribution is 6.05. The molecule has 0 aliphatic heterocycles. The Labute approximate surface area is 126 Å². The second kappa shape index (κ2) is 6.03. The topological polar surface area (TPSA) is 110 Å². The van der Waals surface area contributed by atoms with Gasteiger partial charge in [-0.25, -0.2) is 0 Å². The zero-order valence-corrected chi connectivity index (χ0v) is 12.2. The van der Waals surface area contributed by atoms with Crippen molar-refractivity contribution in [1.82, 2.24) is 0 Å². The van der Waals surface area contributed by atoms with Crippen LogP contribution in [0.1, 0.15) is 31.9 Å². The molecule has 2 aromatic carbocycles. The van der Waals surface area contributed by atoms with E-state index in [0.717, 1.165) is 5.57 Å². The minimum Gasteiger partial charge on any atom is -0.507 e. The van der Waals surface area contributed by atoms with E-state index in [1.807, 2.05) is 13.8 Å².